The van der Waals surface area contributed by atoms with Crippen LogP contribution in [-0.4, -0.2) is 24.3 Å². The zero-order valence-corrected chi connectivity index (χ0v) is 21.5. The molecule has 3 N–H and O–H groups in total. The van der Waals surface area contributed by atoms with E-state index in [1.165, 1.54) is 0 Å². The van der Waals surface area contributed by atoms with E-state index in [4.69, 9.17) is 22.1 Å². The number of para-hydroxylation sites is 1. The largest absolute Gasteiger partial charge is 0.462 e. The number of anilines is 2. The molecule has 3 aliphatic rings. The van der Waals surface area contributed by atoms with Crippen molar-refractivity contribution in [2.24, 2.45) is 11.1 Å². The minimum absolute atomic E-state index is 0.0234. The molecule has 2 aromatic rings. The molecule has 0 fully saturated rings. The summed E-state index contributed by atoms with van der Waals surface area (Å²) in [4.78, 5) is 43.2. The Morgan fingerprint density at radius 3 is 2.58 bits per heavy atom. The van der Waals surface area contributed by atoms with Crippen LogP contribution in [0.2, 0.25) is 5.02 Å². The monoisotopic (exact) mass is 505 g/mol. The number of nitrogens with one attached hydrogen (secondary N) is 1. The average Bonchev–Trinajstić information content (AvgIpc) is 3.06. The number of benzene rings is 2. The zero-order valence-electron chi connectivity index (χ0n) is 20.7. The molecule has 0 bridgehead atoms. The number of Topliss-reactive ketones (excluding diaryl/α,β-unsaturated/α-hetero) is 1. The summed E-state index contributed by atoms with van der Waals surface area (Å²) in [5.74, 6) is -1.44. The van der Waals surface area contributed by atoms with Gasteiger partial charge in [0.15, 0.2) is 5.78 Å². The lowest BCUT2D eigenvalue weighted by atomic mass is 9.60. The van der Waals surface area contributed by atoms with Gasteiger partial charge in [0.2, 0.25) is 5.91 Å². The molecule has 1 spiro atoms. The highest BCUT2D eigenvalue weighted by Gasteiger charge is 2.63. The molecule has 0 saturated carbocycles. The summed E-state index contributed by atoms with van der Waals surface area (Å²) in [7, 11) is 0. The minimum Gasteiger partial charge on any atom is -0.462 e. The van der Waals surface area contributed by atoms with Gasteiger partial charge in [-0.05, 0) is 49.4 Å². The Bertz CT molecular complexity index is 1410. The van der Waals surface area contributed by atoms with Crippen molar-refractivity contribution >= 4 is 40.6 Å². The standard InChI is InChI=1S/C28H28ClN3O4/c1-5-36-25(34)23-24(30)32(19-11-10-15(2)12-17(19)29)20-13-27(3,4)14-21(33)22(20)28(23)16-8-6-7-9-18(16)31-26(28)35/h6-12H,5,13-14,30H2,1-4H3,(H,31,35). The molecule has 2 aliphatic heterocycles. The van der Waals surface area contributed by atoms with Gasteiger partial charge in [0.1, 0.15) is 16.8 Å². The lowest BCUT2D eigenvalue weighted by molar-refractivity contribution is -0.140. The predicted octanol–water partition coefficient (Wildman–Crippen LogP) is 4.74. The second-order valence-electron chi connectivity index (χ2n) is 10.3. The van der Waals surface area contributed by atoms with Crippen molar-refractivity contribution in [1.82, 2.24) is 0 Å². The summed E-state index contributed by atoms with van der Waals surface area (Å²) in [5, 5.41) is 3.30. The summed E-state index contributed by atoms with van der Waals surface area (Å²) in [6.07, 6.45) is 0.667. The van der Waals surface area contributed by atoms with E-state index in [0.717, 1.165) is 5.56 Å². The second-order valence-corrected chi connectivity index (χ2v) is 10.7. The fraction of sp³-hybridized carbons (Fsp3) is 0.321. The number of aryl methyl sites for hydroxylation is 1. The number of halogens is 1. The number of hydrogen-bond acceptors (Lipinski definition) is 6. The summed E-state index contributed by atoms with van der Waals surface area (Å²) in [5.41, 5.74) is 7.97. The fourth-order valence-corrected chi connectivity index (χ4v) is 6.08. The molecule has 186 valence electrons. The molecular weight excluding hydrogens is 478 g/mol. The Morgan fingerprint density at radius 1 is 1.17 bits per heavy atom. The number of nitrogens with zero attached hydrogens (tertiary/aromatic N) is 1. The average molecular weight is 506 g/mol. The van der Waals surface area contributed by atoms with E-state index in [2.05, 4.69) is 5.32 Å². The van der Waals surface area contributed by atoms with Gasteiger partial charge in [-0.15, -0.1) is 0 Å². The van der Waals surface area contributed by atoms with Crippen LogP contribution in [0.3, 0.4) is 0 Å². The van der Waals surface area contributed by atoms with Crippen LogP contribution >= 0.6 is 11.6 Å². The first-order valence-corrected chi connectivity index (χ1v) is 12.3. The Balaban J connectivity index is 1.93. The van der Waals surface area contributed by atoms with Gasteiger partial charge in [-0.1, -0.05) is 49.7 Å². The molecule has 0 aromatic heterocycles. The number of fused-ring (bicyclic) bond motifs is 3. The quantitative estimate of drug-likeness (QED) is 0.584. The van der Waals surface area contributed by atoms with E-state index in [0.29, 0.717) is 34.1 Å². The van der Waals surface area contributed by atoms with Crippen molar-refractivity contribution in [2.75, 3.05) is 16.8 Å². The van der Waals surface area contributed by atoms with E-state index in [1.54, 1.807) is 42.2 Å². The van der Waals surface area contributed by atoms with Crippen molar-refractivity contribution < 1.29 is 19.1 Å². The van der Waals surface area contributed by atoms with Crippen molar-refractivity contribution in [1.29, 1.82) is 0 Å². The van der Waals surface area contributed by atoms with Gasteiger partial charge in [-0.2, -0.15) is 0 Å². The lowest BCUT2D eigenvalue weighted by Gasteiger charge is -2.47. The third-order valence-corrected chi connectivity index (χ3v) is 7.42. The number of amides is 1. The van der Waals surface area contributed by atoms with Crippen LogP contribution in [0.1, 0.15) is 44.7 Å². The van der Waals surface area contributed by atoms with E-state index in [-0.39, 0.29) is 35.8 Å². The number of carbonyl (C=O) groups is 3. The van der Waals surface area contributed by atoms with Crippen molar-refractivity contribution in [3.8, 4) is 0 Å². The van der Waals surface area contributed by atoms with Crippen LogP contribution in [0, 0.1) is 12.3 Å². The lowest BCUT2D eigenvalue weighted by Crippen LogP contribution is -2.54. The summed E-state index contributed by atoms with van der Waals surface area (Å²) < 4.78 is 5.44. The predicted molar refractivity (Wildman–Crippen MR) is 138 cm³/mol. The Labute approximate surface area is 214 Å². The summed E-state index contributed by atoms with van der Waals surface area (Å²) in [6.45, 7) is 7.68. The molecule has 7 nitrogen and oxygen atoms in total. The van der Waals surface area contributed by atoms with Crippen LogP contribution in [0.15, 0.2) is 65.1 Å². The van der Waals surface area contributed by atoms with Gasteiger partial charge in [-0.25, -0.2) is 4.79 Å². The zero-order chi connectivity index (χ0) is 26.0. The third-order valence-electron chi connectivity index (χ3n) is 7.11. The fourth-order valence-electron chi connectivity index (χ4n) is 5.76. The molecule has 1 amide bonds. The van der Waals surface area contributed by atoms with Crippen LogP contribution in [0.25, 0.3) is 0 Å². The molecule has 1 unspecified atom stereocenters. The third kappa shape index (κ3) is 3.29. The first kappa shape index (κ1) is 24.1. The van der Waals surface area contributed by atoms with Gasteiger partial charge in [0, 0.05) is 28.9 Å². The van der Waals surface area contributed by atoms with E-state index in [1.807, 2.05) is 32.9 Å². The highest BCUT2D eigenvalue weighted by Crippen LogP contribution is 2.57. The number of allylic oxidation sites excluding steroid dienone is 1. The Morgan fingerprint density at radius 2 is 1.89 bits per heavy atom. The minimum atomic E-state index is -1.72. The van der Waals surface area contributed by atoms with Gasteiger partial charge >= 0.3 is 5.97 Å². The van der Waals surface area contributed by atoms with Crippen molar-refractivity contribution in [3.63, 3.8) is 0 Å². The van der Waals surface area contributed by atoms with E-state index < -0.39 is 22.7 Å². The van der Waals surface area contributed by atoms with E-state index in [9.17, 15) is 14.4 Å². The van der Waals surface area contributed by atoms with Gasteiger partial charge in [-0.3, -0.25) is 14.5 Å². The molecule has 36 heavy (non-hydrogen) atoms. The highest BCUT2D eigenvalue weighted by atomic mass is 35.5. The number of carbonyl (C=O) groups excluding carboxylic acids is 3. The molecule has 2 heterocycles. The number of ether oxygens (including phenoxy) is 1. The Kier molecular flexibility index (Phi) is 5.52. The number of hydrogen-bond donors (Lipinski definition) is 2. The SMILES string of the molecule is CCOC(=O)C1=C(N)N(c2ccc(C)cc2Cl)C2=C(C(=O)CC(C)(C)C2)C12C(=O)Nc1ccccc12. The molecule has 8 heteroatoms. The maximum atomic E-state index is 14.0. The van der Waals surface area contributed by atoms with Crippen LogP contribution in [0.5, 0.6) is 0 Å². The molecule has 0 saturated heterocycles. The van der Waals surface area contributed by atoms with Gasteiger partial charge in [0.25, 0.3) is 0 Å². The van der Waals surface area contributed by atoms with Crippen LogP contribution in [-0.2, 0) is 24.5 Å². The number of rotatable bonds is 3. The molecular formula is C28H28ClN3O4. The van der Waals surface area contributed by atoms with Crippen LogP contribution < -0.4 is 16.0 Å². The molecule has 5 rings (SSSR count). The van der Waals surface area contributed by atoms with Gasteiger partial charge in [0.05, 0.1) is 17.3 Å². The van der Waals surface area contributed by atoms with Crippen molar-refractivity contribution in [3.05, 3.63) is 81.3 Å². The van der Waals surface area contributed by atoms with E-state index >= 15 is 0 Å². The first-order valence-electron chi connectivity index (χ1n) is 11.9. The number of ketones is 1. The molecule has 2 aromatic carbocycles. The second kappa shape index (κ2) is 8.23. The smallest absolute Gasteiger partial charge is 0.339 e. The summed E-state index contributed by atoms with van der Waals surface area (Å²) >= 11 is 6.69. The number of nitrogens with two attached hydrogens (primary N) is 1. The first-order chi connectivity index (χ1) is 17.0. The maximum absolute atomic E-state index is 14.0. The Hall–Kier alpha value is -3.58. The van der Waals surface area contributed by atoms with Gasteiger partial charge < -0.3 is 15.8 Å². The highest BCUT2D eigenvalue weighted by molar-refractivity contribution is 6.33. The normalized spacial score (nSPS) is 22.5. The van der Waals surface area contributed by atoms with Crippen molar-refractivity contribution in [2.45, 2.75) is 46.0 Å². The molecule has 0 radical (unpaired) electrons. The van der Waals surface area contributed by atoms with Crippen LogP contribution in [0.4, 0.5) is 11.4 Å². The number of esters is 1. The summed E-state index contributed by atoms with van der Waals surface area (Å²) in [6, 6.07) is 12.6. The maximum Gasteiger partial charge on any atom is 0.339 e. The molecule has 1 atom stereocenters. The molecule has 1 aliphatic carbocycles. The topological polar surface area (TPSA) is 102 Å².